The Hall–Kier alpha value is -1.10. The highest BCUT2D eigenvalue weighted by atomic mass is 16.4. The van der Waals surface area contributed by atoms with Crippen molar-refractivity contribution in [1.29, 1.82) is 0 Å². The Balaban J connectivity index is 4.96. The van der Waals surface area contributed by atoms with E-state index in [9.17, 15) is 14.7 Å². The van der Waals surface area contributed by atoms with Gasteiger partial charge in [0.15, 0.2) is 5.54 Å². The summed E-state index contributed by atoms with van der Waals surface area (Å²) < 4.78 is 0. The van der Waals surface area contributed by atoms with E-state index in [1.807, 2.05) is 0 Å². The van der Waals surface area contributed by atoms with Gasteiger partial charge in [0.1, 0.15) is 0 Å². The number of aliphatic carboxylic acids is 1. The second kappa shape index (κ2) is 3.33. The topological polar surface area (TPSA) is 86.6 Å². The zero-order valence-corrected chi connectivity index (χ0v) is 8.21. The molecule has 0 aromatic carbocycles. The Morgan fingerprint density at radius 3 is 1.69 bits per heavy atom. The maximum atomic E-state index is 10.8. The maximum Gasteiger partial charge on any atom is 0.332 e. The van der Waals surface area contributed by atoms with E-state index in [-0.39, 0.29) is 0 Å². The Labute approximate surface area is 76.8 Å². The van der Waals surface area contributed by atoms with Crippen LogP contribution < -0.4 is 5.32 Å². The van der Waals surface area contributed by atoms with Gasteiger partial charge >= 0.3 is 5.97 Å². The number of hydrogen-bond acceptors (Lipinski definition) is 3. The molecule has 5 nitrogen and oxygen atoms in total. The van der Waals surface area contributed by atoms with Gasteiger partial charge in [-0.05, 0) is 20.8 Å². The molecule has 0 heterocycles. The van der Waals surface area contributed by atoms with Gasteiger partial charge in [0, 0.05) is 6.92 Å². The molecule has 0 saturated carbocycles. The summed E-state index contributed by atoms with van der Waals surface area (Å²) in [5.74, 6) is -1.76. The molecule has 0 radical (unpaired) electrons. The Morgan fingerprint density at radius 1 is 1.23 bits per heavy atom. The lowest BCUT2D eigenvalue weighted by Gasteiger charge is -2.36. The van der Waals surface area contributed by atoms with Gasteiger partial charge < -0.3 is 15.5 Å². The Bertz CT molecular complexity index is 231. The second-order valence-electron chi connectivity index (χ2n) is 3.67. The fourth-order valence-electron chi connectivity index (χ4n) is 0.820. The summed E-state index contributed by atoms with van der Waals surface area (Å²) in [4.78, 5) is 21.6. The molecule has 5 heteroatoms. The van der Waals surface area contributed by atoms with Crippen LogP contribution in [0, 0.1) is 0 Å². The summed E-state index contributed by atoms with van der Waals surface area (Å²) in [5.41, 5.74) is -3.19. The summed E-state index contributed by atoms with van der Waals surface area (Å²) in [6.07, 6.45) is 0. The van der Waals surface area contributed by atoms with Crippen molar-refractivity contribution in [2.75, 3.05) is 0 Å². The lowest BCUT2D eigenvalue weighted by molar-refractivity contribution is -0.157. The number of carbonyl (C=O) groups excluding carboxylic acids is 1. The fourth-order valence-corrected chi connectivity index (χ4v) is 0.820. The highest BCUT2D eigenvalue weighted by molar-refractivity contribution is 5.86. The average Bonchev–Trinajstić information content (AvgIpc) is 1.82. The van der Waals surface area contributed by atoms with E-state index in [0.717, 1.165) is 0 Å². The summed E-state index contributed by atoms with van der Waals surface area (Å²) in [6.45, 7) is 5.12. The quantitative estimate of drug-likeness (QED) is 0.570. The first-order valence-corrected chi connectivity index (χ1v) is 3.86. The van der Waals surface area contributed by atoms with Crippen LogP contribution >= 0.6 is 0 Å². The number of hydrogen-bond donors (Lipinski definition) is 3. The van der Waals surface area contributed by atoms with Gasteiger partial charge in [0.25, 0.3) is 0 Å². The van der Waals surface area contributed by atoms with Gasteiger partial charge in [0.05, 0.1) is 5.60 Å². The molecule has 0 saturated heterocycles. The number of carboxylic acid groups (broad SMARTS) is 1. The molecule has 1 unspecified atom stereocenters. The van der Waals surface area contributed by atoms with Crippen molar-refractivity contribution in [3.05, 3.63) is 0 Å². The van der Waals surface area contributed by atoms with Gasteiger partial charge in [-0.3, -0.25) is 4.79 Å². The van der Waals surface area contributed by atoms with Crippen LogP contribution in [0.15, 0.2) is 0 Å². The molecule has 0 rings (SSSR count). The van der Waals surface area contributed by atoms with Gasteiger partial charge in [0.2, 0.25) is 5.91 Å². The highest BCUT2D eigenvalue weighted by Gasteiger charge is 2.47. The standard InChI is InChI=1S/C8H15NO4/c1-5(10)9-8(4,6(11)12)7(2,3)13/h13H,1-4H3,(H,9,10)(H,11,12). The van der Waals surface area contributed by atoms with Gasteiger partial charge in [-0.15, -0.1) is 0 Å². The van der Waals surface area contributed by atoms with Gasteiger partial charge in [-0.1, -0.05) is 0 Å². The van der Waals surface area contributed by atoms with E-state index in [1.165, 1.54) is 27.7 Å². The number of carboxylic acids is 1. The number of rotatable bonds is 3. The van der Waals surface area contributed by atoms with E-state index in [2.05, 4.69) is 5.32 Å². The Morgan fingerprint density at radius 2 is 1.62 bits per heavy atom. The number of nitrogens with one attached hydrogen (secondary N) is 1. The maximum absolute atomic E-state index is 10.8. The summed E-state index contributed by atoms with van der Waals surface area (Å²) in [7, 11) is 0. The zero-order chi connectivity index (χ0) is 10.9. The SMILES string of the molecule is CC(=O)NC(C)(C(=O)O)C(C)(C)O. The molecule has 0 aliphatic heterocycles. The van der Waals surface area contributed by atoms with Gasteiger partial charge in [-0.25, -0.2) is 4.79 Å². The third-order valence-corrected chi connectivity index (χ3v) is 2.08. The predicted octanol–water partition coefficient (Wildman–Crippen LogP) is -0.263. The van der Waals surface area contributed by atoms with E-state index in [4.69, 9.17) is 5.11 Å². The Kier molecular flexibility index (Phi) is 3.05. The van der Waals surface area contributed by atoms with Gasteiger partial charge in [-0.2, -0.15) is 0 Å². The molecular formula is C8H15NO4. The largest absolute Gasteiger partial charge is 0.479 e. The smallest absolute Gasteiger partial charge is 0.332 e. The minimum atomic E-state index is -1.67. The van der Waals surface area contributed by atoms with E-state index >= 15 is 0 Å². The minimum Gasteiger partial charge on any atom is -0.479 e. The van der Waals surface area contributed by atoms with Crippen molar-refractivity contribution >= 4 is 11.9 Å². The summed E-state index contributed by atoms with van der Waals surface area (Å²) in [5, 5.41) is 20.6. The van der Waals surface area contributed by atoms with Crippen LogP contribution in [0.4, 0.5) is 0 Å². The molecule has 0 aromatic heterocycles. The van der Waals surface area contributed by atoms with Crippen LogP contribution in [0.1, 0.15) is 27.7 Å². The number of amides is 1. The lowest BCUT2D eigenvalue weighted by Crippen LogP contribution is -2.64. The van der Waals surface area contributed by atoms with Crippen molar-refractivity contribution in [1.82, 2.24) is 5.32 Å². The van der Waals surface area contributed by atoms with E-state index < -0.39 is 23.0 Å². The molecule has 76 valence electrons. The minimum absolute atomic E-state index is 0.493. The molecular weight excluding hydrogens is 174 g/mol. The fraction of sp³-hybridized carbons (Fsp3) is 0.750. The van der Waals surface area contributed by atoms with Crippen molar-refractivity contribution < 1.29 is 19.8 Å². The predicted molar refractivity (Wildman–Crippen MR) is 46.2 cm³/mol. The number of aliphatic hydroxyl groups is 1. The molecule has 1 amide bonds. The van der Waals surface area contributed by atoms with Crippen molar-refractivity contribution in [3.63, 3.8) is 0 Å². The summed E-state index contributed by atoms with van der Waals surface area (Å²) >= 11 is 0. The average molecular weight is 189 g/mol. The summed E-state index contributed by atoms with van der Waals surface area (Å²) in [6, 6.07) is 0. The first-order valence-electron chi connectivity index (χ1n) is 3.86. The lowest BCUT2D eigenvalue weighted by atomic mass is 9.84. The molecule has 1 atom stereocenters. The second-order valence-corrected chi connectivity index (χ2v) is 3.67. The molecule has 0 aliphatic carbocycles. The third-order valence-electron chi connectivity index (χ3n) is 2.08. The van der Waals surface area contributed by atoms with Crippen LogP contribution in [0.5, 0.6) is 0 Å². The first-order chi connectivity index (χ1) is 5.61. The van der Waals surface area contributed by atoms with Crippen molar-refractivity contribution in [3.8, 4) is 0 Å². The molecule has 0 fully saturated rings. The number of carbonyl (C=O) groups is 2. The first kappa shape index (κ1) is 11.9. The van der Waals surface area contributed by atoms with Crippen LogP contribution in [0.3, 0.4) is 0 Å². The molecule has 13 heavy (non-hydrogen) atoms. The van der Waals surface area contributed by atoms with E-state index in [1.54, 1.807) is 0 Å². The third kappa shape index (κ3) is 2.42. The zero-order valence-electron chi connectivity index (χ0n) is 8.21. The van der Waals surface area contributed by atoms with Crippen molar-refractivity contribution in [2.24, 2.45) is 0 Å². The van der Waals surface area contributed by atoms with Crippen molar-refractivity contribution in [2.45, 2.75) is 38.8 Å². The van der Waals surface area contributed by atoms with Crippen LogP contribution in [0.2, 0.25) is 0 Å². The molecule has 0 bridgehead atoms. The van der Waals surface area contributed by atoms with Crippen LogP contribution in [-0.4, -0.2) is 33.2 Å². The normalized spacial score (nSPS) is 16.1. The molecule has 0 aliphatic rings. The van der Waals surface area contributed by atoms with Crippen LogP contribution in [-0.2, 0) is 9.59 Å². The van der Waals surface area contributed by atoms with E-state index in [0.29, 0.717) is 0 Å². The highest BCUT2D eigenvalue weighted by Crippen LogP contribution is 2.21. The molecule has 0 spiro atoms. The molecule has 3 N–H and O–H groups in total. The van der Waals surface area contributed by atoms with Crippen LogP contribution in [0.25, 0.3) is 0 Å². The monoisotopic (exact) mass is 189 g/mol. The molecule has 0 aromatic rings.